The zero-order chi connectivity index (χ0) is 15.0. The Morgan fingerprint density at radius 3 is 2.48 bits per heavy atom. The molecule has 0 bridgehead atoms. The van der Waals surface area contributed by atoms with E-state index >= 15 is 0 Å². The van der Waals surface area contributed by atoms with Crippen LogP contribution in [0, 0.1) is 5.92 Å². The van der Waals surface area contributed by atoms with Gasteiger partial charge in [-0.1, -0.05) is 40.2 Å². The van der Waals surface area contributed by atoms with Crippen LogP contribution in [-0.2, 0) is 4.79 Å². The first-order valence-electron chi connectivity index (χ1n) is 6.52. The lowest BCUT2D eigenvalue weighted by Gasteiger charge is -2.36. The number of carboxylic acid groups (broad SMARTS) is 1. The molecule has 0 atom stereocenters. The van der Waals surface area contributed by atoms with Crippen LogP contribution in [0.15, 0.2) is 40.9 Å². The minimum absolute atomic E-state index is 0.260. The molecule has 0 unspecified atom stereocenters. The van der Waals surface area contributed by atoms with Gasteiger partial charge in [-0.3, -0.25) is 4.79 Å². The molecule has 1 aliphatic rings. The lowest BCUT2D eigenvalue weighted by atomic mass is 10.0. The van der Waals surface area contributed by atoms with Crippen molar-refractivity contribution in [2.24, 2.45) is 5.92 Å². The quantitative estimate of drug-likeness (QED) is 0.875. The fourth-order valence-corrected chi connectivity index (χ4v) is 2.84. The first-order valence-corrected chi connectivity index (χ1v) is 7.31. The van der Waals surface area contributed by atoms with Crippen molar-refractivity contribution in [3.63, 3.8) is 0 Å². The average Bonchev–Trinajstić information content (AvgIpc) is 2.40. The van der Waals surface area contributed by atoms with Crippen LogP contribution in [0.5, 0.6) is 0 Å². The Morgan fingerprint density at radius 2 is 1.81 bits per heavy atom. The topological polar surface area (TPSA) is 69.6 Å². The van der Waals surface area contributed by atoms with Crippen molar-refractivity contribution in [3.8, 4) is 0 Å². The van der Waals surface area contributed by atoms with Gasteiger partial charge in [-0.15, -0.1) is 0 Å². The van der Waals surface area contributed by atoms with E-state index < -0.39 is 11.9 Å². The highest BCUT2D eigenvalue weighted by molar-refractivity contribution is 9.10. The summed E-state index contributed by atoms with van der Waals surface area (Å²) in [4.78, 5) is 24.4. The van der Waals surface area contributed by atoms with Gasteiger partial charge in [0.1, 0.15) is 0 Å². The van der Waals surface area contributed by atoms with Gasteiger partial charge in [-0.25, -0.2) is 4.79 Å². The molecule has 0 radical (unpaired) electrons. The van der Waals surface area contributed by atoms with E-state index in [-0.39, 0.29) is 19.1 Å². The lowest BCUT2D eigenvalue weighted by molar-refractivity contribution is -0.145. The van der Waals surface area contributed by atoms with Crippen molar-refractivity contribution in [1.29, 1.82) is 0 Å². The number of hydrogen-bond donors (Lipinski definition) is 2. The van der Waals surface area contributed by atoms with Crippen LogP contribution in [0.2, 0.25) is 0 Å². The SMILES string of the molecule is O=C(O)C1CN(C(=O)Nc2ccc(Br)c3ccccc23)C1. The number of nitrogens with zero attached hydrogens (tertiary/aromatic N) is 1. The number of amides is 2. The van der Waals surface area contributed by atoms with Gasteiger partial charge in [0.15, 0.2) is 0 Å². The van der Waals surface area contributed by atoms with Gasteiger partial charge in [0, 0.05) is 22.9 Å². The number of carbonyl (C=O) groups is 2. The molecule has 2 aromatic rings. The summed E-state index contributed by atoms with van der Waals surface area (Å²) in [7, 11) is 0. The van der Waals surface area contributed by atoms with Crippen LogP contribution in [0.25, 0.3) is 10.8 Å². The summed E-state index contributed by atoms with van der Waals surface area (Å²) in [6.07, 6.45) is 0. The Morgan fingerprint density at radius 1 is 1.14 bits per heavy atom. The van der Waals surface area contributed by atoms with Crippen LogP contribution in [0.3, 0.4) is 0 Å². The maximum absolute atomic E-state index is 12.1. The summed E-state index contributed by atoms with van der Waals surface area (Å²) < 4.78 is 0.964. The maximum atomic E-state index is 12.1. The molecule has 1 aliphatic heterocycles. The first kappa shape index (κ1) is 13.9. The molecule has 0 spiro atoms. The second-order valence-electron chi connectivity index (χ2n) is 5.01. The number of urea groups is 1. The number of fused-ring (bicyclic) bond motifs is 1. The number of anilines is 1. The van der Waals surface area contributed by atoms with Crippen LogP contribution in [-0.4, -0.2) is 35.1 Å². The van der Waals surface area contributed by atoms with Crippen molar-refractivity contribution in [2.75, 3.05) is 18.4 Å². The highest BCUT2D eigenvalue weighted by Gasteiger charge is 2.35. The number of aliphatic carboxylic acids is 1. The molecule has 21 heavy (non-hydrogen) atoms. The van der Waals surface area contributed by atoms with Crippen LogP contribution < -0.4 is 5.32 Å². The van der Waals surface area contributed by atoms with Gasteiger partial charge in [0.25, 0.3) is 0 Å². The number of nitrogens with one attached hydrogen (secondary N) is 1. The summed E-state index contributed by atoms with van der Waals surface area (Å²) >= 11 is 3.49. The number of carbonyl (C=O) groups excluding carboxylic acids is 1. The second kappa shape index (κ2) is 5.37. The monoisotopic (exact) mass is 348 g/mol. The molecule has 1 saturated heterocycles. The molecule has 1 fully saturated rings. The Labute approximate surface area is 129 Å². The van der Waals surface area contributed by atoms with Gasteiger partial charge in [0.2, 0.25) is 0 Å². The largest absolute Gasteiger partial charge is 0.481 e. The predicted molar refractivity (Wildman–Crippen MR) is 83.4 cm³/mol. The summed E-state index contributed by atoms with van der Waals surface area (Å²) in [5, 5.41) is 13.6. The van der Waals surface area contributed by atoms with Crippen LogP contribution >= 0.6 is 15.9 Å². The van der Waals surface area contributed by atoms with E-state index in [4.69, 9.17) is 5.11 Å². The molecular weight excluding hydrogens is 336 g/mol. The van der Waals surface area contributed by atoms with Crippen LogP contribution in [0.4, 0.5) is 10.5 Å². The van der Waals surface area contributed by atoms with Crippen LogP contribution in [0.1, 0.15) is 0 Å². The molecule has 0 aromatic heterocycles. The third-order valence-electron chi connectivity index (χ3n) is 3.63. The molecule has 2 N–H and O–H groups in total. The zero-order valence-electron chi connectivity index (χ0n) is 11.0. The van der Waals surface area contributed by atoms with E-state index in [2.05, 4.69) is 21.2 Å². The summed E-state index contributed by atoms with van der Waals surface area (Å²) in [6, 6.07) is 11.2. The van der Waals surface area contributed by atoms with Gasteiger partial charge in [0.05, 0.1) is 11.6 Å². The van der Waals surface area contributed by atoms with E-state index in [1.165, 1.54) is 4.90 Å². The molecule has 108 valence electrons. The minimum Gasteiger partial charge on any atom is -0.481 e. The molecule has 1 heterocycles. The maximum Gasteiger partial charge on any atom is 0.321 e. The molecular formula is C15H13BrN2O3. The molecule has 2 amide bonds. The van der Waals surface area contributed by atoms with Gasteiger partial charge >= 0.3 is 12.0 Å². The Balaban J connectivity index is 1.78. The highest BCUT2D eigenvalue weighted by Crippen LogP contribution is 2.30. The minimum atomic E-state index is -0.854. The average molecular weight is 349 g/mol. The van der Waals surface area contributed by atoms with Crippen molar-refractivity contribution in [1.82, 2.24) is 4.90 Å². The van der Waals surface area contributed by atoms with Gasteiger partial charge in [-0.05, 0) is 17.5 Å². The molecule has 0 aliphatic carbocycles. The predicted octanol–water partition coefficient (Wildman–Crippen LogP) is 3.15. The van der Waals surface area contributed by atoms with E-state index in [9.17, 15) is 9.59 Å². The summed E-state index contributed by atoms with van der Waals surface area (Å²) in [5.41, 5.74) is 0.720. The third kappa shape index (κ3) is 2.58. The summed E-state index contributed by atoms with van der Waals surface area (Å²) in [6.45, 7) is 0.519. The fourth-order valence-electron chi connectivity index (χ4n) is 2.37. The number of carboxylic acids is 1. The van der Waals surface area contributed by atoms with E-state index in [1.807, 2.05) is 36.4 Å². The van der Waals surface area contributed by atoms with Crippen molar-refractivity contribution in [2.45, 2.75) is 0 Å². The second-order valence-corrected chi connectivity index (χ2v) is 5.87. The Hall–Kier alpha value is -2.08. The highest BCUT2D eigenvalue weighted by atomic mass is 79.9. The third-order valence-corrected chi connectivity index (χ3v) is 4.32. The fraction of sp³-hybridized carbons (Fsp3) is 0.200. The molecule has 0 saturated carbocycles. The molecule has 5 nitrogen and oxygen atoms in total. The standard InChI is InChI=1S/C15H13BrN2O3/c16-12-5-6-13(11-4-2-1-3-10(11)12)17-15(21)18-7-9(8-18)14(19)20/h1-6,9H,7-8H2,(H,17,21)(H,19,20). The number of halogens is 1. The lowest BCUT2D eigenvalue weighted by Crippen LogP contribution is -2.54. The smallest absolute Gasteiger partial charge is 0.321 e. The Kier molecular flexibility index (Phi) is 3.55. The van der Waals surface area contributed by atoms with Crippen molar-refractivity contribution in [3.05, 3.63) is 40.9 Å². The van der Waals surface area contributed by atoms with Gasteiger partial charge < -0.3 is 15.3 Å². The number of hydrogen-bond acceptors (Lipinski definition) is 2. The van der Waals surface area contributed by atoms with E-state index in [0.29, 0.717) is 0 Å². The summed E-state index contributed by atoms with van der Waals surface area (Å²) in [5.74, 6) is -1.30. The normalized spacial score (nSPS) is 14.8. The van der Waals surface area contributed by atoms with Crippen molar-refractivity contribution >= 4 is 44.4 Å². The first-order chi connectivity index (χ1) is 10.1. The van der Waals surface area contributed by atoms with E-state index in [0.717, 1.165) is 20.9 Å². The molecule has 3 rings (SSSR count). The number of likely N-dealkylation sites (tertiary alicyclic amines) is 1. The molecule has 2 aromatic carbocycles. The van der Waals surface area contributed by atoms with Gasteiger partial charge in [-0.2, -0.15) is 0 Å². The zero-order valence-corrected chi connectivity index (χ0v) is 12.6. The molecule has 6 heteroatoms. The van der Waals surface area contributed by atoms with Crippen molar-refractivity contribution < 1.29 is 14.7 Å². The van der Waals surface area contributed by atoms with E-state index in [1.54, 1.807) is 0 Å². The number of benzene rings is 2. The number of rotatable bonds is 2. The Bertz CT molecular complexity index is 726.